The molecule has 0 bridgehead atoms. The summed E-state index contributed by atoms with van der Waals surface area (Å²) in [5.41, 5.74) is 5.81. The van der Waals surface area contributed by atoms with Crippen molar-refractivity contribution in [3.05, 3.63) is 78.1 Å². The van der Waals surface area contributed by atoms with E-state index in [9.17, 15) is 21.6 Å². The van der Waals surface area contributed by atoms with E-state index in [2.05, 4.69) is 34.9 Å². The lowest BCUT2D eigenvalue weighted by atomic mass is 10.1. The number of halogens is 3. The minimum Gasteiger partial charge on any atom is -0.337 e. The zero-order chi connectivity index (χ0) is 31.3. The van der Waals surface area contributed by atoms with Crippen LogP contribution in [-0.2, 0) is 23.1 Å². The highest BCUT2D eigenvalue weighted by Gasteiger charge is 2.37. The molecule has 1 aliphatic rings. The summed E-state index contributed by atoms with van der Waals surface area (Å²) in [5.74, 6) is -2.75. The number of H-pyrrole nitrogens is 2. The van der Waals surface area contributed by atoms with Crippen LogP contribution in [0.1, 0.15) is 17.5 Å². The van der Waals surface area contributed by atoms with Crippen LogP contribution in [0, 0.1) is 5.82 Å². The number of hydrogen-bond donors (Lipinski definition) is 3. The van der Waals surface area contributed by atoms with E-state index in [1.54, 1.807) is 41.8 Å². The van der Waals surface area contributed by atoms with Gasteiger partial charge in [-0.1, -0.05) is 0 Å². The molecule has 0 atom stereocenters. The van der Waals surface area contributed by atoms with Crippen LogP contribution < -0.4 is 4.72 Å². The average Bonchev–Trinajstić information content (AvgIpc) is 3.71. The molecule has 1 aliphatic heterocycles. The zero-order valence-corrected chi connectivity index (χ0v) is 24.7. The Balaban J connectivity index is 1.22. The third-order valence-electron chi connectivity index (χ3n) is 7.60. The zero-order valence-electron chi connectivity index (χ0n) is 23.9. The quantitative estimate of drug-likeness (QED) is 0.220. The van der Waals surface area contributed by atoms with Gasteiger partial charge in [-0.05, 0) is 47.5 Å². The van der Waals surface area contributed by atoms with Gasteiger partial charge in [0, 0.05) is 67.5 Å². The minimum absolute atomic E-state index is 0.0759. The first-order valence-electron chi connectivity index (χ1n) is 14.0. The Bertz CT molecular complexity index is 2180. The standard InChI is InChI=1S/C30H26F3N9O2S/c1-45(43,44)37-12-17-6-19(9-22(31)8-17)25-27-24(2-4-35-25)38-29(39-27)26-23-10-21(14-36-28(23)41-40-26)20-7-18(11-34-13-20)15-42-5-3-30(32,33)16-42/h2,4,6-11,13-14,37H,3,5,12,15-16H2,1H3,(H,38,39)(H,36,40,41). The number of imidazole rings is 1. The van der Waals surface area contributed by atoms with E-state index >= 15 is 0 Å². The summed E-state index contributed by atoms with van der Waals surface area (Å²) in [5, 5.41) is 8.02. The van der Waals surface area contributed by atoms with Crippen molar-refractivity contribution >= 4 is 32.1 Å². The molecular weight excluding hydrogens is 607 g/mol. The molecule has 3 N–H and O–H groups in total. The lowest BCUT2D eigenvalue weighted by Gasteiger charge is -2.15. The van der Waals surface area contributed by atoms with Crippen molar-refractivity contribution in [2.75, 3.05) is 19.3 Å². The van der Waals surface area contributed by atoms with Crippen molar-refractivity contribution in [3.63, 3.8) is 0 Å². The fourth-order valence-corrected chi connectivity index (χ4v) is 5.97. The largest absolute Gasteiger partial charge is 0.337 e. The third kappa shape index (κ3) is 6.14. The van der Waals surface area contributed by atoms with Gasteiger partial charge in [-0.25, -0.2) is 36.3 Å². The highest BCUT2D eigenvalue weighted by Crippen LogP contribution is 2.33. The van der Waals surface area contributed by atoms with Gasteiger partial charge in [-0.3, -0.25) is 20.0 Å². The van der Waals surface area contributed by atoms with Gasteiger partial charge in [0.05, 0.1) is 29.4 Å². The second-order valence-electron chi connectivity index (χ2n) is 11.2. The molecule has 0 saturated carbocycles. The molecule has 6 aromatic rings. The molecule has 1 aromatic carbocycles. The average molecular weight is 634 g/mol. The maximum Gasteiger partial charge on any atom is 0.261 e. The number of nitrogens with zero attached hydrogens (tertiary/aromatic N) is 6. The van der Waals surface area contributed by atoms with Crippen molar-refractivity contribution in [2.45, 2.75) is 25.4 Å². The molecule has 0 radical (unpaired) electrons. The molecule has 11 nitrogen and oxygen atoms in total. The first-order valence-corrected chi connectivity index (χ1v) is 15.9. The van der Waals surface area contributed by atoms with E-state index in [0.717, 1.165) is 22.9 Å². The number of benzene rings is 1. The number of aromatic amines is 2. The van der Waals surface area contributed by atoms with Crippen molar-refractivity contribution in [1.29, 1.82) is 0 Å². The first kappa shape index (κ1) is 29.0. The van der Waals surface area contributed by atoms with E-state index in [0.29, 0.717) is 63.5 Å². The third-order valence-corrected chi connectivity index (χ3v) is 8.27. The summed E-state index contributed by atoms with van der Waals surface area (Å²) >= 11 is 0. The Kier molecular flexibility index (Phi) is 7.10. The summed E-state index contributed by atoms with van der Waals surface area (Å²) in [6.07, 6.45) is 7.52. The van der Waals surface area contributed by atoms with Crippen LogP contribution in [0.15, 0.2) is 61.2 Å². The molecule has 45 heavy (non-hydrogen) atoms. The summed E-state index contributed by atoms with van der Waals surface area (Å²) in [7, 11) is -3.47. The Hall–Kier alpha value is -4.73. The van der Waals surface area contributed by atoms with Crippen molar-refractivity contribution in [3.8, 4) is 33.9 Å². The predicted molar refractivity (Wildman–Crippen MR) is 162 cm³/mol. The number of likely N-dealkylation sites (tertiary alicyclic amines) is 1. The second-order valence-corrected chi connectivity index (χ2v) is 13.0. The van der Waals surface area contributed by atoms with Crippen LogP contribution in [0.4, 0.5) is 13.2 Å². The highest BCUT2D eigenvalue weighted by atomic mass is 32.2. The van der Waals surface area contributed by atoms with Crippen LogP contribution >= 0.6 is 0 Å². The molecule has 15 heteroatoms. The predicted octanol–water partition coefficient (Wildman–Crippen LogP) is 4.65. The second kappa shape index (κ2) is 11.0. The number of rotatable bonds is 8. The molecule has 0 spiro atoms. The van der Waals surface area contributed by atoms with Crippen LogP contribution in [0.2, 0.25) is 0 Å². The molecule has 230 valence electrons. The molecule has 5 aromatic heterocycles. The highest BCUT2D eigenvalue weighted by molar-refractivity contribution is 7.88. The van der Waals surface area contributed by atoms with Crippen molar-refractivity contribution in [2.24, 2.45) is 0 Å². The molecule has 1 fully saturated rings. The fraction of sp³-hybridized carbons (Fsp3) is 0.233. The van der Waals surface area contributed by atoms with E-state index in [1.165, 1.54) is 12.1 Å². The summed E-state index contributed by atoms with van der Waals surface area (Å²) in [4.78, 5) is 23.1. The van der Waals surface area contributed by atoms with Crippen LogP contribution in [-0.4, -0.2) is 73.7 Å². The molecule has 6 heterocycles. The summed E-state index contributed by atoms with van der Waals surface area (Å²) < 4.78 is 67.4. The summed E-state index contributed by atoms with van der Waals surface area (Å²) in [6.45, 7) is 0.365. The van der Waals surface area contributed by atoms with Gasteiger partial charge in [-0.15, -0.1) is 0 Å². The Morgan fingerprint density at radius 3 is 2.64 bits per heavy atom. The van der Waals surface area contributed by atoms with Crippen molar-refractivity contribution < 1.29 is 21.6 Å². The van der Waals surface area contributed by atoms with Gasteiger partial charge in [0.2, 0.25) is 10.0 Å². The maximum atomic E-state index is 14.6. The van der Waals surface area contributed by atoms with E-state index in [-0.39, 0.29) is 19.5 Å². The Labute approximate surface area is 255 Å². The van der Waals surface area contributed by atoms with E-state index in [1.807, 2.05) is 12.1 Å². The van der Waals surface area contributed by atoms with E-state index < -0.39 is 21.8 Å². The topological polar surface area (TPSA) is 145 Å². The SMILES string of the molecule is CS(=O)(=O)NCc1cc(F)cc(-c2nccc3[nH]c(-c4[nH]nc5ncc(-c6cncc(CN7CCC(F)(F)C7)c6)cc45)nc23)c1. The van der Waals surface area contributed by atoms with Gasteiger partial charge in [0.25, 0.3) is 5.92 Å². The maximum absolute atomic E-state index is 14.6. The lowest BCUT2D eigenvalue weighted by molar-refractivity contribution is 0.0115. The van der Waals surface area contributed by atoms with Crippen LogP contribution in [0.3, 0.4) is 0 Å². The van der Waals surface area contributed by atoms with Gasteiger partial charge < -0.3 is 4.98 Å². The number of alkyl halides is 2. The molecule has 7 rings (SSSR count). The van der Waals surface area contributed by atoms with E-state index in [4.69, 9.17) is 4.98 Å². The van der Waals surface area contributed by atoms with Crippen molar-refractivity contribution in [1.82, 2.24) is 44.7 Å². The fourth-order valence-electron chi connectivity index (χ4n) is 5.54. The number of sulfonamides is 1. The normalized spacial score (nSPS) is 15.4. The number of pyridine rings is 3. The Morgan fingerprint density at radius 2 is 1.84 bits per heavy atom. The smallest absolute Gasteiger partial charge is 0.261 e. The van der Waals surface area contributed by atoms with Crippen LogP contribution in [0.5, 0.6) is 0 Å². The molecular formula is C30H26F3N9O2S. The Morgan fingerprint density at radius 1 is 1.02 bits per heavy atom. The lowest BCUT2D eigenvalue weighted by Crippen LogP contribution is -2.24. The minimum atomic E-state index is -3.47. The summed E-state index contributed by atoms with van der Waals surface area (Å²) in [6, 6.07) is 9.82. The molecule has 1 saturated heterocycles. The number of nitrogens with one attached hydrogen (secondary N) is 3. The van der Waals surface area contributed by atoms with Gasteiger partial charge >= 0.3 is 0 Å². The van der Waals surface area contributed by atoms with Crippen LogP contribution in [0.25, 0.3) is 56.0 Å². The monoisotopic (exact) mass is 633 g/mol. The van der Waals surface area contributed by atoms with Gasteiger partial charge in [0.1, 0.15) is 17.0 Å². The first-order chi connectivity index (χ1) is 21.5. The van der Waals surface area contributed by atoms with Gasteiger partial charge in [-0.2, -0.15) is 5.10 Å². The number of fused-ring (bicyclic) bond motifs is 2. The number of hydrogen-bond acceptors (Lipinski definition) is 8. The molecule has 0 aliphatic carbocycles. The molecule has 0 amide bonds. The number of aromatic nitrogens is 7. The van der Waals surface area contributed by atoms with Gasteiger partial charge in [0.15, 0.2) is 11.5 Å². The molecule has 0 unspecified atom stereocenters.